The second kappa shape index (κ2) is 8.99. The first-order valence-electron chi connectivity index (χ1n) is 10.7. The van der Waals surface area contributed by atoms with Gasteiger partial charge in [-0.3, -0.25) is 4.98 Å². The summed E-state index contributed by atoms with van der Waals surface area (Å²) in [4.78, 5) is 18.7. The topological polar surface area (TPSA) is 79.6 Å². The standard InChI is InChI=1S/C26H22N4O3S/c1-33-25(32)17-6-4-7-19(16-17)29-15-5-9-22(29)24-23(21-8-2-3-14-27-21)28-26(34)30(24)18-10-12-20(31)13-11-18/h2-16,23-24,31H,1H3,(H,28,34). The van der Waals surface area contributed by atoms with E-state index in [0.29, 0.717) is 10.7 Å². The number of carbonyl (C=O) groups excluding carboxylic acids is 1. The summed E-state index contributed by atoms with van der Waals surface area (Å²) in [6.07, 6.45) is 3.72. The molecule has 3 heterocycles. The molecule has 8 heteroatoms. The number of benzene rings is 2. The minimum absolute atomic E-state index is 0.183. The van der Waals surface area contributed by atoms with Crippen LogP contribution < -0.4 is 10.2 Å². The van der Waals surface area contributed by atoms with Crippen molar-refractivity contribution in [1.82, 2.24) is 14.9 Å². The zero-order chi connectivity index (χ0) is 23.7. The van der Waals surface area contributed by atoms with Crippen molar-refractivity contribution in [3.8, 4) is 11.4 Å². The smallest absolute Gasteiger partial charge is 0.337 e. The average molecular weight is 471 g/mol. The van der Waals surface area contributed by atoms with Gasteiger partial charge in [0.15, 0.2) is 5.11 Å². The fourth-order valence-corrected chi connectivity index (χ4v) is 4.66. The molecule has 1 fully saturated rings. The number of nitrogens with one attached hydrogen (secondary N) is 1. The third kappa shape index (κ3) is 3.88. The van der Waals surface area contributed by atoms with Crippen LogP contribution in [0, 0.1) is 0 Å². The Morgan fingerprint density at radius 1 is 1.03 bits per heavy atom. The van der Waals surface area contributed by atoms with Crippen LogP contribution in [-0.2, 0) is 4.74 Å². The molecule has 2 unspecified atom stereocenters. The van der Waals surface area contributed by atoms with Crippen LogP contribution in [0.1, 0.15) is 33.8 Å². The minimum Gasteiger partial charge on any atom is -0.508 e. The van der Waals surface area contributed by atoms with E-state index in [4.69, 9.17) is 17.0 Å². The molecule has 170 valence electrons. The molecule has 1 saturated heterocycles. The zero-order valence-corrected chi connectivity index (χ0v) is 19.1. The van der Waals surface area contributed by atoms with E-state index >= 15 is 0 Å². The number of methoxy groups -OCH3 is 1. The zero-order valence-electron chi connectivity index (χ0n) is 18.3. The van der Waals surface area contributed by atoms with Crippen LogP contribution in [0.15, 0.2) is 91.3 Å². The van der Waals surface area contributed by atoms with E-state index in [0.717, 1.165) is 22.8 Å². The summed E-state index contributed by atoms with van der Waals surface area (Å²) in [7, 11) is 1.37. The summed E-state index contributed by atoms with van der Waals surface area (Å²) in [5.41, 5.74) is 3.95. The maximum Gasteiger partial charge on any atom is 0.337 e. The van der Waals surface area contributed by atoms with Crippen molar-refractivity contribution in [2.45, 2.75) is 12.1 Å². The SMILES string of the molecule is COC(=O)c1cccc(-n2cccc2C2C(c3ccccn3)NC(=S)N2c2ccc(O)cc2)c1. The van der Waals surface area contributed by atoms with Gasteiger partial charge in [0, 0.05) is 29.5 Å². The number of nitrogens with zero attached hydrogens (tertiary/aromatic N) is 3. The van der Waals surface area contributed by atoms with Gasteiger partial charge in [-0.1, -0.05) is 12.1 Å². The summed E-state index contributed by atoms with van der Waals surface area (Å²) < 4.78 is 6.94. The van der Waals surface area contributed by atoms with Crippen molar-refractivity contribution in [1.29, 1.82) is 0 Å². The van der Waals surface area contributed by atoms with Crippen LogP contribution in [-0.4, -0.2) is 32.8 Å². The van der Waals surface area contributed by atoms with Crippen LogP contribution in [0.25, 0.3) is 5.69 Å². The largest absolute Gasteiger partial charge is 0.508 e. The quantitative estimate of drug-likeness (QED) is 0.327. The Bertz CT molecular complexity index is 1340. The molecule has 7 nitrogen and oxygen atoms in total. The second-order valence-corrected chi connectivity index (χ2v) is 8.24. The molecule has 1 aliphatic rings. The lowest BCUT2D eigenvalue weighted by Gasteiger charge is -2.29. The summed E-state index contributed by atoms with van der Waals surface area (Å²) >= 11 is 5.77. The van der Waals surface area contributed by atoms with E-state index in [2.05, 4.69) is 10.3 Å². The molecule has 2 aromatic heterocycles. The van der Waals surface area contributed by atoms with Gasteiger partial charge in [-0.2, -0.15) is 0 Å². The van der Waals surface area contributed by atoms with E-state index < -0.39 is 5.97 Å². The van der Waals surface area contributed by atoms with Crippen LogP contribution in [0.2, 0.25) is 0 Å². The first-order chi connectivity index (χ1) is 16.6. The summed E-state index contributed by atoms with van der Waals surface area (Å²) in [6.45, 7) is 0. The van der Waals surface area contributed by atoms with E-state index in [1.54, 1.807) is 30.5 Å². The maximum atomic E-state index is 12.1. The predicted octanol–water partition coefficient (Wildman–Crippen LogP) is 4.54. The molecule has 2 N–H and O–H groups in total. The Morgan fingerprint density at radius 3 is 2.59 bits per heavy atom. The number of phenolic OH excluding ortho intramolecular Hbond substituents is 1. The highest BCUT2D eigenvalue weighted by Crippen LogP contribution is 2.42. The second-order valence-electron chi connectivity index (χ2n) is 7.86. The van der Waals surface area contributed by atoms with Crippen LogP contribution in [0.5, 0.6) is 5.75 Å². The summed E-state index contributed by atoms with van der Waals surface area (Å²) in [5, 5.41) is 13.8. The van der Waals surface area contributed by atoms with Gasteiger partial charge in [0.2, 0.25) is 0 Å². The van der Waals surface area contributed by atoms with Crippen molar-refractivity contribution < 1.29 is 14.6 Å². The molecule has 0 amide bonds. The van der Waals surface area contributed by atoms with Gasteiger partial charge in [-0.25, -0.2) is 4.79 Å². The molecule has 0 radical (unpaired) electrons. The number of thiocarbonyl (C=S) groups is 1. The summed E-state index contributed by atoms with van der Waals surface area (Å²) in [6, 6.07) is 23.6. The van der Waals surface area contributed by atoms with Gasteiger partial charge < -0.3 is 24.6 Å². The van der Waals surface area contributed by atoms with Crippen molar-refractivity contribution in [3.63, 3.8) is 0 Å². The van der Waals surface area contributed by atoms with Crippen LogP contribution >= 0.6 is 12.2 Å². The number of hydrogen-bond acceptors (Lipinski definition) is 5. The molecule has 0 spiro atoms. The van der Waals surface area contributed by atoms with Gasteiger partial charge >= 0.3 is 5.97 Å². The van der Waals surface area contributed by atoms with Crippen molar-refractivity contribution in [2.24, 2.45) is 0 Å². The Morgan fingerprint density at radius 2 is 1.85 bits per heavy atom. The molecular weight excluding hydrogens is 448 g/mol. The Kier molecular flexibility index (Phi) is 5.73. The molecule has 1 aliphatic heterocycles. The third-order valence-electron chi connectivity index (χ3n) is 5.85. The number of rotatable bonds is 5. The number of aromatic hydroxyl groups is 1. The van der Waals surface area contributed by atoms with E-state index in [9.17, 15) is 9.90 Å². The highest BCUT2D eigenvalue weighted by atomic mass is 32.1. The maximum absolute atomic E-state index is 12.1. The number of carbonyl (C=O) groups is 1. The van der Waals surface area contributed by atoms with E-state index in [-0.39, 0.29) is 17.8 Å². The van der Waals surface area contributed by atoms with Crippen molar-refractivity contribution in [2.75, 3.05) is 12.0 Å². The fourth-order valence-electron chi connectivity index (χ4n) is 4.32. The molecule has 0 saturated carbocycles. The average Bonchev–Trinajstić information content (AvgIpc) is 3.49. The van der Waals surface area contributed by atoms with Gasteiger partial charge in [0.05, 0.1) is 24.4 Å². The number of ether oxygens (including phenoxy) is 1. The van der Waals surface area contributed by atoms with Crippen LogP contribution in [0.4, 0.5) is 5.69 Å². The number of phenols is 1. The monoisotopic (exact) mass is 470 g/mol. The Labute approximate surface area is 202 Å². The molecule has 0 aliphatic carbocycles. The summed E-state index contributed by atoms with van der Waals surface area (Å²) in [5.74, 6) is -0.209. The van der Waals surface area contributed by atoms with Crippen molar-refractivity contribution >= 4 is 29.0 Å². The lowest BCUT2D eigenvalue weighted by Crippen LogP contribution is -2.30. The number of aromatic nitrogens is 2. The number of pyridine rings is 1. The molecular formula is C26H22N4O3S. The molecule has 34 heavy (non-hydrogen) atoms. The van der Waals surface area contributed by atoms with Gasteiger partial charge in [0.1, 0.15) is 11.8 Å². The van der Waals surface area contributed by atoms with Gasteiger partial charge in [0.25, 0.3) is 0 Å². The first-order valence-corrected chi connectivity index (χ1v) is 11.1. The van der Waals surface area contributed by atoms with Crippen molar-refractivity contribution in [3.05, 3.63) is 108 Å². The lowest BCUT2D eigenvalue weighted by atomic mass is 10.0. The normalized spacial score (nSPS) is 17.4. The highest BCUT2D eigenvalue weighted by Gasteiger charge is 2.42. The number of esters is 1. The molecule has 4 aromatic rings. The third-order valence-corrected chi connectivity index (χ3v) is 6.17. The number of anilines is 1. The highest BCUT2D eigenvalue weighted by molar-refractivity contribution is 7.80. The molecule has 0 bridgehead atoms. The fraction of sp³-hybridized carbons (Fsp3) is 0.115. The first kappa shape index (κ1) is 21.7. The molecule has 5 rings (SSSR count). The Hall–Kier alpha value is -4.17. The van der Waals surface area contributed by atoms with E-state index in [1.807, 2.05) is 70.3 Å². The molecule has 2 atom stereocenters. The number of hydrogen-bond donors (Lipinski definition) is 2. The van der Waals surface area contributed by atoms with Crippen LogP contribution in [0.3, 0.4) is 0 Å². The van der Waals surface area contributed by atoms with E-state index in [1.165, 1.54) is 7.11 Å². The molecule has 2 aromatic carbocycles. The van der Waals surface area contributed by atoms with Gasteiger partial charge in [-0.15, -0.1) is 0 Å². The predicted molar refractivity (Wildman–Crippen MR) is 133 cm³/mol. The lowest BCUT2D eigenvalue weighted by molar-refractivity contribution is 0.0600. The minimum atomic E-state index is -0.392. The van der Waals surface area contributed by atoms with Gasteiger partial charge in [-0.05, 0) is 78.9 Å². The Balaban J connectivity index is 1.65.